The fraction of sp³-hybridized carbons (Fsp3) is 0.227. The molecular weight excluding hydrogens is 366 g/mol. The second kappa shape index (κ2) is 9.05. The van der Waals surface area contributed by atoms with Crippen molar-refractivity contribution in [3.05, 3.63) is 71.5 Å². The van der Waals surface area contributed by atoms with Crippen molar-refractivity contribution in [1.82, 2.24) is 9.97 Å². The lowest BCUT2D eigenvalue weighted by Gasteiger charge is -2.13. The zero-order chi connectivity index (χ0) is 20.8. The van der Waals surface area contributed by atoms with Gasteiger partial charge in [-0.05, 0) is 43.3 Å². The highest BCUT2D eigenvalue weighted by atomic mass is 16.5. The van der Waals surface area contributed by atoms with Crippen LogP contribution in [0.2, 0.25) is 0 Å². The monoisotopic (exact) mass is 391 g/mol. The maximum Gasteiger partial charge on any atom is 0.274 e. The molecule has 0 atom stereocenters. The van der Waals surface area contributed by atoms with Gasteiger partial charge in [0.15, 0.2) is 0 Å². The normalized spacial score (nSPS) is 10.3. The fourth-order valence-electron chi connectivity index (χ4n) is 2.83. The Balaban J connectivity index is 1.71. The first kappa shape index (κ1) is 20.1. The number of hydrogen-bond donors (Lipinski definition) is 2. The third-order valence-electron chi connectivity index (χ3n) is 4.36. The number of aryl methyl sites for hydroxylation is 1. The van der Waals surface area contributed by atoms with Crippen molar-refractivity contribution in [2.75, 3.05) is 36.7 Å². The Morgan fingerprint density at radius 2 is 1.79 bits per heavy atom. The predicted molar refractivity (Wildman–Crippen MR) is 116 cm³/mol. The Morgan fingerprint density at radius 1 is 1.07 bits per heavy atom. The zero-order valence-electron chi connectivity index (χ0n) is 17.1. The molecule has 7 heteroatoms. The summed E-state index contributed by atoms with van der Waals surface area (Å²) in [7, 11) is 5.57. The quantitative estimate of drug-likeness (QED) is 0.639. The van der Waals surface area contributed by atoms with Crippen LogP contribution in [-0.2, 0) is 6.54 Å². The van der Waals surface area contributed by atoms with Gasteiger partial charge in [-0.3, -0.25) is 4.79 Å². The molecule has 1 aromatic heterocycles. The van der Waals surface area contributed by atoms with Crippen LogP contribution < -0.4 is 20.3 Å². The Kier molecular flexibility index (Phi) is 6.29. The van der Waals surface area contributed by atoms with Crippen molar-refractivity contribution in [1.29, 1.82) is 0 Å². The van der Waals surface area contributed by atoms with Crippen LogP contribution in [0.15, 0.2) is 54.6 Å². The summed E-state index contributed by atoms with van der Waals surface area (Å²) in [4.78, 5) is 23.4. The molecule has 7 nitrogen and oxygen atoms in total. The highest BCUT2D eigenvalue weighted by molar-refractivity contribution is 6.03. The van der Waals surface area contributed by atoms with Crippen LogP contribution in [-0.4, -0.2) is 37.1 Å². The highest BCUT2D eigenvalue weighted by Gasteiger charge is 2.12. The van der Waals surface area contributed by atoms with Gasteiger partial charge in [-0.15, -0.1) is 0 Å². The molecule has 0 unspecified atom stereocenters. The summed E-state index contributed by atoms with van der Waals surface area (Å²) in [5.74, 6) is 0.893. The molecule has 0 aliphatic rings. The molecule has 0 spiro atoms. The van der Waals surface area contributed by atoms with Crippen molar-refractivity contribution < 1.29 is 9.53 Å². The van der Waals surface area contributed by atoms with Gasteiger partial charge in [-0.2, -0.15) is 0 Å². The number of anilines is 3. The minimum atomic E-state index is -0.284. The molecule has 3 rings (SSSR count). The molecule has 2 N–H and O–H groups in total. The lowest BCUT2D eigenvalue weighted by Crippen LogP contribution is -2.16. The van der Waals surface area contributed by atoms with E-state index in [1.165, 1.54) is 0 Å². The molecule has 2 aromatic carbocycles. The standard InChI is InChI=1S/C22H25N5O2/c1-15-13-19(21(28)25-17-9-11-18(12-10-17)27(2)3)26-22(24-15)23-14-16-7-5-6-8-20(16)29-4/h5-13H,14H2,1-4H3,(H,25,28)(H,23,24,26). The third-order valence-corrected chi connectivity index (χ3v) is 4.36. The Morgan fingerprint density at radius 3 is 2.48 bits per heavy atom. The van der Waals surface area contributed by atoms with Gasteiger partial charge in [0.1, 0.15) is 11.4 Å². The lowest BCUT2D eigenvalue weighted by atomic mass is 10.2. The first-order chi connectivity index (χ1) is 14.0. The van der Waals surface area contributed by atoms with Crippen molar-refractivity contribution in [3.63, 3.8) is 0 Å². The molecule has 0 aliphatic carbocycles. The van der Waals surface area contributed by atoms with Crippen molar-refractivity contribution in [2.24, 2.45) is 0 Å². The van der Waals surface area contributed by atoms with Gasteiger partial charge in [0.05, 0.1) is 7.11 Å². The van der Waals surface area contributed by atoms with E-state index in [0.29, 0.717) is 29.6 Å². The van der Waals surface area contributed by atoms with E-state index < -0.39 is 0 Å². The number of benzene rings is 2. The lowest BCUT2D eigenvalue weighted by molar-refractivity contribution is 0.102. The zero-order valence-corrected chi connectivity index (χ0v) is 17.1. The number of aromatic nitrogens is 2. The molecule has 0 fully saturated rings. The largest absolute Gasteiger partial charge is 0.496 e. The smallest absolute Gasteiger partial charge is 0.274 e. The molecule has 0 radical (unpaired) electrons. The molecule has 3 aromatic rings. The van der Waals surface area contributed by atoms with E-state index in [1.54, 1.807) is 13.2 Å². The summed E-state index contributed by atoms with van der Waals surface area (Å²) in [5.41, 5.74) is 3.75. The number of methoxy groups -OCH3 is 1. The van der Waals surface area contributed by atoms with E-state index in [0.717, 1.165) is 17.0 Å². The summed E-state index contributed by atoms with van der Waals surface area (Å²) >= 11 is 0. The Labute approximate surface area is 170 Å². The number of carbonyl (C=O) groups excluding carboxylic acids is 1. The summed E-state index contributed by atoms with van der Waals surface area (Å²) in [5, 5.41) is 6.04. The van der Waals surface area contributed by atoms with Gasteiger partial charge < -0.3 is 20.3 Å². The van der Waals surface area contributed by atoms with Crippen LogP contribution in [0.4, 0.5) is 17.3 Å². The van der Waals surface area contributed by atoms with Gasteiger partial charge >= 0.3 is 0 Å². The molecule has 1 heterocycles. The molecule has 29 heavy (non-hydrogen) atoms. The molecule has 150 valence electrons. The maximum atomic E-state index is 12.7. The fourth-order valence-corrected chi connectivity index (χ4v) is 2.83. The van der Waals surface area contributed by atoms with Gasteiger partial charge in [-0.25, -0.2) is 9.97 Å². The van der Waals surface area contributed by atoms with Crippen molar-refractivity contribution in [2.45, 2.75) is 13.5 Å². The van der Waals surface area contributed by atoms with E-state index in [4.69, 9.17) is 4.74 Å². The van der Waals surface area contributed by atoms with Crippen LogP contribution in [0, 0.1) is 6.92 Å². The first-order valence-corrected chi connectivity index (χ1v) is 9.26. The number of rotatable bonds is 7. The van der Waals surface area contributed by atoms with Crippen LogP contribution in [0.3, 0.4) is 0 Å². The van der Waals surface area contributed by atoms with E-state index in [2.05, 4.69) is 20.6 Å². The Bertz CT molecular complexity index is 987. The maximum absolute atomic E-state index is 12.7. The van der Waals surface area contributed by atoms with Crippen LogP contribution in [0.1, 0.15) is 21.7 Å². The molecule has 0 saturated heterocycles. The summed E-state index contributed by atoms with van der Waals surface area (Å²) < 4.78 is 5.36. The number of nitrogens with zero attached hydrogens (tertiary/aromatic N) is 3. The Hall–Kier alpha value is -3.61. The van der Waals surface area contributed by atoms with E-state index in [9.17, 15) is 4.79 Å². The minimum absolute atomic E-state index is 0.284. The highest BCUT2D eigenvalue weighted by Crippen LogP contribution is 2.19. The number of nitrogens with one attached hydrogen (secondary N) is 2. The van der Waals surface area contributed by atoms with Crippen LogP contribution in [0.5, 0.6) is 5.75 Å². The van der Waals surface area contributed by atoms with E-state index in [1.807, 2.05) is 74.4 Å². The van der Waals surface area contributed by atoms with Gasteiger partial charge in [-0.1, -0.05) is 18.2 Å². The molecule has 0 saturated carbocycles. The second-order valence-electron chi connectivity index (χ2n) is 6.78. The van der Waals surface area contributed by atoms with Gasteiger partial charge in [0, 0.05) is 43.3 Å². The third kappa shape index (κ3) is 5.22. The summed E-state index contributed by atoms with van der Waals surface area (Å²) in [6, 6.07) is 17.0. The number of amides is 1. The van der Waals surface area contributed by atoms with Crippen molar-refractivity contribution >= 4 is 23.2 Å². The van der Waals surface area contributed by atoms with Crippen molar-refractivity contribution in [3.8, 4) is 5.75 Å². The number of para-hydroxylation sites is 1. The predicted octanol–water partition coefficient (Wildman–Crippen LogP) is 3.72. The van der Waals surface area contributed by atoms with Gasteiger partial charge in [0.2, 0.25) is 5.95 Å². The topological polar surface area (TPSA) is 79.4 Å². The summed E-state index contributed by atoms with van der Waals surface area (Å²) in [6.07, 6.45) is 0. The van der Waals surface area contributed by atoms with Crippen LogP contribution in [0.25, 0.3) is 0 Å². The van der Waals surface area contributed by atoms with Gasteiger partial charge in [0.25, 0.3) is 5.91 Å². The van der Waals surface area contributed by atoms with E-state index >= 15 is 0 Å². The molecule has 0 bridgehead atoms. The second-order valence-corrected chi connectivity index (χ2v) is 6.78. The summed E-state index contributed by atoms with van der Waals surface area (Å²) in [6.45, 7) is 2.32. The first-order valence-electron chi connectivity index (χ1n) is 9.26. The average molecular weight is 391 g/mol. The van der Waals surface area contributed by atoms with Crippen LogP contribution >= 0.6 is 0 Å². The number of carbonyl (C=O) groups is 1. The minimum Gasteiger partial charge on any atom is -0.496 e. The molecule has 1 amide bonds. The SMILES string of the molecule is COc1ccccc1CNc1nc(C)cc(C(=O)Nc2ccc(N(C)C)cc2)n1. The molecule has 0 aliphatic heterocycles. The number of hydrogen-bond acceptors (Lipinski definition) is 6. The van der Waals surface area contributed by atoms with E-state index in [-0.39, 0.29) is 5.91 Å². The molecular formula is C22H25N5O2. The number of ether oxygens (including phenoxy) is 1. The average Bonchev–Trinajstić information content (AvgIpc) is 2.72.